The van der Waals surface area contributed by atoms with Crippen molar-refractivity contribution < 1.29 is 0 Å². The highest BCUT2D eigenvalue weighted by molar-refractivity contribution is 5.40. The van der Waals surface area contributed by atoms with Gasteiger partial charge < -0.3 is 15.1 Å². The smallest absolute Gasteiger partial charge is 0.128 e. The zero-order valence-corrected chi connectivity index (χ0v) is 14.0. The Morgan fingerprint density at radius 1 is 1.38 bits per heavy atom. The Hall–Kier alpha value is -1.13. The highest BCUT2D eigenvalue weighted by Gasteiger charge is 2.22. The fourth-order valence-electron chi connectivity index (χ4n) is 2.80. The van der Waals surface area contributed by atoms with Gasteiger partial charge in [0.05, 0.1) is 0 Å². The Kier molecular flexibility index (Phi) is 6.00. The van der Waals surface area contributed by atoms with Gasteiger partial charge in [0.15, 0.2) is 0 Å². The molecule has 2 heterocycles. The largest absolute Gasteiger partial charge is 0.355 e. The molecule has 0 saturated carbocycles. The third-order valence-corrected chi connectivity index (χ3v) is 4.14. The molecule has 2 rings (SSSR count). The van der Waals surface area contributed by atoms with Crippen molar-refractivity contribution >= 4 is 5.82 Å². The summed E-state index contributed by atoms with van der Waals surface area (Å²) in [4.78, 5) is 9.41. The van der Waals surface area contributed by atoms with E-state index >= 15 is 0 Å². The van der Waals surface area contributed by atoms with Gasteiger partial charge in [0.25, 0.3) is 0 Å². The highest BCUT2D eigenvalue weighted by Crippen LogP contribution is 2.19. The van der Waals surface area contributed by atoms with Crippen LogP contribution in [0.2, 0.25) is 0 Å². The molecule has 1 aliphatic rings. The van der Waals surface area contributed by atoms with Crippen LogP contribution >= 0.6 is 0 Å². The second-order valence-corrected chi connectivity index (χ2v) is 6.76. The van der Waals surface area contributed by atoms with Crippen LogP contribution in [-0.2, 0) is 6.54 Å². The van der Waals surface area contributed by atoms with Crippen molar-refractivity contribution in [1.82, 2.24) is 15.2 Å². The number of rotatable bonds is 6. The van der Waals surface area contributed by atoms with E-state index in [0.717, 1.165) is 32.0 Å². The summed E-state index contributed by atoms with van der Waals surface area (Å²) in [7, 11) is 4.34. The van der Waals surface area contributed by atoms with Crippen molar-refractivity contribution in [1.29, 1.82) is 0 Å². The van der Waals surface area contributed by atoms with E-state index < -0.39 is 0 Å². The lowest BCUT2D eigenvalue weighted by Crippen LogP contribution is -2.45. The number of pyridine rings is 1. The van der Waals surface area contributed by atoms with Crippen LogP contribution in [0.1, 0.15) is 32.3 Å². The average Bonchev–Trinajstić information content (AvgIpc) is 2.48. The van der Waals surface area contributed by atoms with Gasteiger partial charge in [0.1, 0.15) is 5.82 Å². The number of likely N-dealkylation sites (N-methyl/N-ethyl adjacent to an activating group) is 1. The minimum atomic E-state index is 0.646. The normalized spacial score (nSPS) is 19.5. The minimum Gasteiger partial charge on any atom is -0.355 e. The molecule has 1 fully saturated rings. The highest BCUT2D eigenvalue weighted by atomic mass is 15.2. The lowest BCUT2D eigenvalue weighted by molar-refractivity contribution is 0.257. The van der Waals surface area contributed by atoms with E-state index in [1.165, 1.54) is 18.4 Å². The first-order valence-corrected chi connectivity index (χ1v) is 8.13. The fourth-order valence-corrected chi connectivity index (χ4v) is 2.80. The monoisotopic (exact) mass is 290 g/mol. The molecule has 118 valence electrons. The zero-order chi connectivity index (χ0) is 15.2. The molecule has 1 aromatic rings. The molecule has 4 nitrogen and oxygen atoms in total. The Morgan fingerprint density at radius 3 is 2.81 bits per heavy atom. The number of aromatic nitrogens is 1. The van der Waals surface area contributed by atoms with E-state index in [2.05, 4.69) is 60.2 Å². The Bertz CT molecular complexity index is 413. The van der Waals surface area contributed by atoms with Crippen molar-refractivity contribution in [2.45, 2.75) is 39.3 Å². The molecule has 1 unspecified atom stereocenters. The zero-order valence-electron chi connectivity index (χ0n) is 14.0. The summed E-state index contributed by atoms with van der Waals surface area (Å²) in [6.45, 7) is 8.63. The second kappa shape index (κ2) is 7.76. The molecular weight excluding hydrogens is 260 g/mol. The van der Waals surface area contributed by atoms with Gasteiger partial charge in [-0.1, -0.05) is 19.9 Å². The number of anilines is 1. The summed E-state index contributed by atoms with van der Waals surface area (Å²) in [5, 5.41) is 3.46. The maximum atomic E-state index is 4.66. The predicted octanol–water partition coefficient (Wildman–Crippen LogP) is 2.36. The van der Waals surface area contributed by atoms with Crippen LogP contribution in [0.3, 0.4) is 0 Å². The summed E-state index contributed by atoms with van der Waals surface area (Å²) in [5.41, 5.74) is 1.26. The first kappa shape index (κ1) is 16.2. The lowest BCUT2D eigenvalue weighted by atomic mass is 10.0. The molecular formula is C17H30N4. The van der Waals surface area contributed by atoms with E-state index in [4.69, 9.17) is 0 Å². The first-order chi connectivity index (χ1) is 10.1. The van der Waals surface area contributed by atoms with Crippen molar-refractivity contribution in [2.75, 3.05) is 38.6 Å². The molecule has 1 aromatic heterocycles. The fraction of sp³-hybridized carbons (Fsp3) is 0.706. The standard InChI is InChI=1S/C17H30N4/c1-14(2)10-18-11-15-7-8-17(19-12-15)21-9-5-6-16(13-21)20(3)4/h7-8,12,14,16,18H,5-6,9-11,13H2,1-4H3. The van der Waals surface area contributed by atoms with Gasteiger partial charge in [-0.05, 0) is 51.0 Å². The Labute approximate surface area is 129 Å². The van der Waals surface area contributed by atoms with Crippen molar-refractivity contribution in [3.05, 3.63) is 23.9 Å². The van der Waals surface area contributed by atoms with Crippen LogP contribution in [0.4, 0.5) is 5.82 Å². The molecule has 0 bridgehead atoms. The number of hydrogen-bond acceptors (Lipinski definition) is 4. The van der Waals surface area contributed by atoms with Crippen LogP contribution in [0, 0.1) is 5.92 Å². The van der Waals surface area contributed by atoms with Crippen LogP contribution in [0.25, 0.3) is 0 Å². The van der Waals surface area contributed by atoms with Crippen LogP contribution in [0.15, 0.2) is 18.3 Å². The summed E-state index contributed by atoms with van der Waals surface area (Å²) in [5.74, 6) is 1.81. The maximum Gasteiger partial charge on any atom is 0.128 e. The minimum absolute atomic E-state index is 0.646. The summed E-state index contributed by atoms with van der Waals surface area (Å²) in [6.07, 6.45) is 4.56. The number of nitrogens with one attached hydrogen (secondary N) is 1. The summed E-state index contributed by atoms with van der Waals surface area (Å²) in [6, 6.07) is 5.02. The van der Waals surface area contributed by atoms with Crippen LogP contribution in [0.5, 0.6) is 0 Å². The van der Waals surface area contributed by atoms with E-state index in [0.29, 0.717) is 12.0 Å². The van der Waals surface area contributed by atoms with E-state index in [1.54, 1.807) is 0 Å². The molecule has 0 aromatic carbocycles. The van der Waals surface area contributed by atoms with E-state index in [1.807, 2.05) is 6.20 Å². The molecule has 0 amide bonds. The van der Waals surface area contributed by atoms with Crippen LogP contribution in [-0.4, -0.2) is 49.7 Å². The summed E-state index contributed by atoms with van der Waals surface area (Å²) < 4.78 is 0. The van der Waals surface area contributed by atoms with Crippen LogP contribution < -0.4 is 10.2 Å². The van der Waals surface area contributed by atoms with Crippen molar-refractivity contribution in [3.8, 4) is 0 Å². The van der Waals surface area contributed by atoms with Gasteiger partial charge in [-0.2, -0.15) is 0 Å². The molecule has 0 radical (unpaired) electrons. The maximum absolute atomic E-state index is 4.66. The molecule has 1 saturated heterocycles. The number of hydrogen-bond donors (Lipinski definition) is 1. The Morgan fingerprint density at radius 2 is 2.19 bits per heavy atom. The van der Waals surface area contributed by atoms with Gasteiger partial charge >= 0.3 is 0 Å². The third kappa shape index (κ3) is 4.97. The molecule has 0 aliphatic carbocycles. The topological polar surface area (TPSA) is 31.4 Å². The molecule has 1 atom stereocenters. The molecule has 0 spiro atoms. The van der Waals surface area contributed by atoms with Crippen molar-refractivity contribution in [2.24, 2.45) is 5.92 Å². The Balaban J connectivity index is 1.89. The molecule has 1 aliphatic heterocycles. The molecule has 1 N–H and O–H groups in total. The average molecular weight is 290 g/mol. The quantitative estimate of drug-likeness (QED) is 0.871. The lowest BCUT2D eigenvalue weighted by Gasteiger charge is -2.36. The van der Waals surface area contributed by atoms with Gasteiger partial charge in [-0.25, -0.2) is 4.98 Å². The third-order valence-electron chi connectivity index (χ3n) is 4.14. The molecule has 21 heavy (non-hydrogen) atoms. The second-order valence-electron chi connectivity index (χ2n) is 6.76. The van der Waals surface area contributed by atoms with Gasteiger partial charge in [0.2, 0.25) is 0 Å². The molecule has 4 heteroatoms. The van der Waals surface area contributed by atoms with Gasteiger partial charge in [0, 0.05) is 31.9 Å². The first-order valence-electron chi connectivity index (χ1n) is 8.13. The number of piperidine rings is 1. The predicted molar refractivity (Wildman–Crippen MR) is 89.7 cm³/mol. The summed E-state index contributed by atoms with van der Waals surface area (Å²) >= 11 is 0. The SMILES string of the molecule is CC(C)CNCc1ccc(N2CCCC(N(C)C)C2)nc1. The number of nitrogens with zero attached hydrogens (tertiary/aromatic N) is 3. The van der Waals surface area contributed by atoms with Crippen molar-refractivity contribution in [3.63, 3.8) is 0 Å². The van der Waals surface area contributed by atoms with E-state index in [9.17, 15) is 0 Å². The van der Waals surface area contributed by atoms with Gasteiger partial charge in [-0.3, -0.25) is 0 Å². The van der Waals surface area contributed by atoms with E-state index in [-0.39, 0.29) is 0 Å². The van der Waals surface area contributed by atoms with Gasteiger partial charge in [-0.15, -0.1) is 0 Å².